The zero-order chi connectivity index (χ0) is 26.1. The molecule has 3 aromatic carbocycles. The highest BCUT2D eigenvalue weighted by atomic mass is 16.5. The molecule has 4 aromatic rings. The molecule has 0 aliphatic carbocycles. The molecule has 0 N–H and O–H groups in total. The van der Waals surface area contributed by atoms with Crippen LogP contribution in [0.1, 0.15) is 43.6 Å². The molecule has 37 heavy (non-hydrogen) atoms. The summed E-state index contributed by atoms with van der Waals surface area (Å²) < 4.78 is 21.5. The molecular formula is C29H25NO7. The van der Waals surface area contributed by atoms with Gasteiger partial charge in [0.25, 0.3) is 5.91 Å². The maximum Gasteiger partial charge on any atom is 0.337 e. The minimum absolute atomic E-state index is 0.0399. The van der Waals surface area contributed by atoms with Gasteiger partial charge in [0.1, 0.15) is 5.58 Å². The monoisotopic (exact) mass is 499 g/mol. The molecule has 0 saturated heterocycles. The van der Waals surface area contributed by atoms with E-state index in [0.29, 0.717) is 52.1 Å². The van der Waals surface area contributed by atoms with E-state index in [-0.39, 0.29) is 17.1 Å². The molecule has 1 amide bonds. The lowest BCUT2D eigenvalue weighted by Gasteiger charge is -2.25. The average Bonchev–Trinajstić information content (AvgIpc) is 3.22. The van der Waals surface area contributed by atoms with E-state index in [1.807, 2.05) is 18.2 Å². The minimum Gasteiger partial charge on any atom is -0.493 e. The summed E-state index contributed by atoms with van der Waals surface area (Å²) in [6.45, 7) is 0.317. The third-order valence-corrected chi connectivity index (χ3v) is 6.61. The van der Waals surface area contributed by atoms with Gasteiger partial charge in [0.05, 0.1) is 43.9 Å². The van der Waals surface area contributed by atoms with Gasteiger partial charge in [-0.15, -0.1) is 0 Å². The summed E-state index contributed by atoms with van der Waals surface area (Å²) in [5.41, 5.74) is 2.40. The van der Waals surface area contributed by atoms with E-state index in [2.05, 4.69) is 0 Å². The third-order valence-electron chi connectivity index (χ3n) is 6.61. The lowest BCUT2D eigenvalue weighted by atomic mass is 9.97. The van der Waals surface area contributed by atoms with Crippen molar-refractivity contribution in [2.45, 2.75) is 12.5 Å². The van der Waals surface area contributed by atoms with E-state index in [0.717, 1.165) is 5.56 Å². The number of esters is 1. The largest absolute Gasteiger partial charge is 0.493 e. The molecule has 0 fully saturated rings. The second-order valence-corrected chi connectivity index (χ2v) is 8.62. The van der Waals surface area contributed by atoms with Gasteiger partial charge in [-0.3, -0.25) is 9.59 Å². The van der Waals surface area contributed by atoms with Crippen molar-refractivity contribution in [2.75, 3.05) is 27.9 Å². The van der Waals surface area contributed by atoms with E-state index in [1.165, 1.54) is 7.11 Å². The molecule has 1 aliphatic heterocycles. The van der Waals surface area contributed by atoms with Crippen molar-refractivity contribution >= 4 is 22.8 Å². The van der Waals surface area contributed by atoms with Gasteiger partial charge in [-0.2, -0.15) is 0 Å². The lowest BCUT2D eigenvalue weighted by Crippen LogP contribution is -2.31. The summed E-state index contributed by atoms with van der Waals surface area (Å²) in [6, 6.07) is 18.5. The van der Waals surface area contributed by atoms with Crippen molar-refractivity contribution in [1.29, 1.82) is 0 Å². The van der Waals surface area contributed by atoms with Gasteiger partial charge < -0.3 is 23.5 Å². The molecule has 0 bridgehead atoms. The molecule has 1 atom stereocenters. The normalized spacial score (nSPS) is 14.5. The van der Waals surface area contributed by atoms with Crippen LogP contribution < -0.4 is 14.9 Å². The fraction of sp³-hybridized carbons (Fsp3) is 0.207. The Balaban J connectivity index is 1.57. The number of rotatable bonds is 7. The molecule has 0 radical (unpaired) electrons. The Morgan fingerprint density at radius 2 is 1.65 bits per heavy atom. The zero-order valence-electron chi connectivity index (χ0n) is 20.6. The zero-order valence-corrected chi connectivity index (χ0v) is 20.6. The first-order valence-electron chi connectivity index (χ1n) is 11.7. The highest BCUT2D eigenvalue weighted by Gasteiger charge is 2.42. The lowest BCUT2D eigenvalue weighted by molar-refractivity contribution is 0.0600. The molecule has 0 saturated carbocycles. The first-order chi connectivity index (χ1) is 18.0. The van der Waals surface area contributed by atoms with Crippen molar-refractivity contribution in [3.05, 3.63) is 105 Å². The number of benzene rings is 3. The quantitative estimate of drug-likeness (QED) is 0.348. The van der Waals surface area contributed by atoms with Gasteiger partial charge in [-0.25, -0.2) is 4.79 Å². The summed E-state index contributed by atoms with van der Waals surface area (Å²) in [5, 5.41) is 0.409. The van der Waals surface area contributed by atoms with Crippen LogP contribution in [0, 0.1) is 0 Å². The van der Waals surface area contributed by atoms with Crippen LogP contribution in [-0.2, 0) is 11.2 Å². The molecule has 1 aliphatic rings. The topological polar surface area (TPSA) is 95.3 Å². The van der Waals surface area contributed by atoms with Gasteiger partial charge in [0.15, 0.2) is 16.9 Å². The Morgan fingerprint density at radius 1 is 0.919 bits per heavy atom. The van der Waals surface area contributed by atoms with Crippen LogP contribution in [0.4, 0.5) is 0 Å². The molecule has 0 spiro atoms. The highest BCUT2D eigenvalue weighted by molar-refractivity contribution is 5.99. The number of para-hydroxylation sites is 1. The Bertz CT molecular complexity index is 1560. The van der Waals surface area contributed by atoms with Crippen molar-refractivity contribution in [2.24, 2.45) is 0 Å². The van der Waals surface area contributed by atoms with E-state index in [9.17, 15) is 14.4 Å². The van der Waals surface area contributed by atoms with Gasteiger partial charge in [0, 0.05) is 6.54 Å². The summed E-state index contributed by atoms with van der Waals surface area (Å²) in [5.74, 6) is 0.415. The van der Waals surface area contributed by atoms with Crippen molar-refractivity contribution in [3.8, 4) is 11.5 Å². The van der Waals surface area contributed by atoms with Crippen LogP contribution in [0.5, 0.6) is 11.5 Å². The number of fused-ring (bicyclic) bond motifs is 2. The van der Waals surface area contributed by atoms with Crippen LogP contribution in [-0.4, -0.2) is 44.7 Å². The number of methoxy groups -OCH3 is 3. The fourth-order valence-electron chi connectivity index (χ4n) is 4.75. The third kappa shape index (κ3) is 4.20. The van der Waals surface area contributed by atoms with Crippen molar-refractivity contribution < 1.29 is 28.2 Å². The smallest absolute Gasteiger partial charge is 0.337 e. The van der Waals surface area contributed by atoms with Gasteiger partial charge in [-0.1, -0.05) is 30.3 Å². The van der Waals surface area contributed by atoms with E-state index >= 15 is 0 Å². The van der Waals surface area contributed by atoms with Gasteiger partial charge >= 0.3 is 5.97 Å². The molecule has 1 unspecified atom stereocenters. The molecule has 188 valence electrons. The predicted molar refractivity (Wildman–Crippen MR) is 136 cm³/mol. The van der Waals surface area contributed by atoms with Crippen LogP contribution in [0.15, 0.2) is 75.9 Å². The van der Waals surface area contributed by atoms with Crippen LogP contribution in [0.2, 0.25) is 0 Å². The van der Waals surface area contributed by atoms with Gasteiger partial charge in [-0.05, 0) is 53.9 Å². The maximum atomic E-state index is 13.6. The standard InChI is InChI=1S/C29H25NO7/c1-34-22-13-8-17(16-23(22)35-2)14-15-30-25(18-9-11-19(12-10-18)29(33)36-3)24-26(31)20-6-4-5-7-21(20)37-27(24)28(30)32/h4-13,16,25H,14-15H2,1-3H3. The van der Waals surface area contributed by atoms with Crippen molar-refractivity contribution in [1.82, 2.24) is 4.90 Å². The SMILES string of the molecule is COC(=O)c1ccc(C2c3c(oc4ccccc4c3=O)C(=O)N2CCc2ccc(OC)c(OC)c2)cc1. The molecule has 5 rings (SSSR count). The summed E-state index contributed by atoms with van der Waals surface area (Å²) >= 11 is 0. The average molecular weight is 500 g/mol. The number of amides is 1. The first kappa shape index (κ1) is 24.1. The van der Waals surface area contributed by atoms with E-state index < -0.39 is 12.0 Å². The molecule has 8 heteroatoms. The number of ether oxygens (including phenoxy) is 3. The van der Waals surface area contributed by atoms with E-state index in [4.69, 9.17) is 18.6 Å². The molecule has 8 nitrogen and oxygen atoms in total. The Kier molecular flexibility index (Phi) is 6.40. The Hall–Kier alpha value is -4.59. The minimum atomic E-state index is -0.671. The van der Waals surface area contributed by atoms with E-state index in [1.54, 1.807) is 67.7 Å². The number of nitrogens with zero attached hydrogens (tertiary/aromatic N) is 1. The van der Waals surface area contributed by atoms with Crippen LogP contribution in [0.3, 0.4) is 0 Å². The molecule has 1 aromatic heterocycles. The maximum absolute atomic E-state index is 13.6. The predicted octanol–water partition coefficient (Wildman–Crippen LogP) is 4.38. The number of carbonyl (C=O) groups excluding carboxylic acids is 2. The Morgan fingerprint density at radius 3 is 2.35 bits per heavy atom. The summed E-state index contributed by atoms with van der Waals surface area (Å²) in [7, 11) is 4.45. The summed E-state index contributed by atoms with van der Waals surface area (Å²) in [4.78, 5) is 40.8. The molecule has 2 heterocycles. The fourth-order valence-corrected chi connectivity index (χ4v) is 4.75. The van der Waals surface area contributed by atoms with Gasteiger partial charge in [0.2, 0.25) is 5.76 Å². The first-order valence-corrected chi connectivity index (χ1v) is 11.7. The number of carbonyl (C=O) groups is 2. The number of hydrogen-bond acceptors (Lipinski definition) is 7. The second-order valence-electron chi connectivity index (χ2n) is 8.62. The van der Waals surface area contributed by atoms with Crippen molar-refractivity contribution in [3.63, 3.8) is 0 Å². The molecular weight excluding hydrogens is 474 g/mol. The Labute approximate surface area is 213 Å². The summed E-state index contributed by atoms with van der Waals surface area (Å²) in [6.07, 6.45) is 0.505. The highest BCUT2D eigenvalue weighted by Crippen LogP contribution is 2.38. The van der Waals surface area contributed by atoms with Crippen LogP contribution in [0.25, 0.3) is 11.0 Å². The number of hydrogen-bond donors (Lipinski definition) is 0. The van der Waals surface area contributed by atoms with Crippen LogP contribution >= 0.6 is 0 Å². The second kappa shape index (κ2) is 9.81.